The number of nitrogens with zero attached hydrogens (tertiary/aromatic N) is 1. The first-order chi connectivity index (χ1) is 15.7. The van der Waals surface area contributed by atoms with E-state index in [0.29, 0.717) is 40.7 Å². The normalized spacial score (nSPS) is 11.1. The van der Waals surface area contributed by atoms with Crippen molar-refractivity contribution in [1.29, 1.82) is 0 Å². The van der Waals surface area contributed by atoms with Gasteiger partial charge in [0.15, 0.2) is 0 Å². The first-order valence-electron chi connectivity index (χ1n) is 10.5. The molecule has 0 atom stereocenters. The predicted octanol–water partition coefficient (Wildman–Crippen LogP) is 5.41. The monoisotopic (exact) mass is 486 g/mol. The summed E-state index contributed by atoms with van der Waals surface area (Å²) >= 11 is 6.15. The molecule has 0 bridgehead atoms. The molecule has 0 aliphatic rings. The number of benzene rings is 3. The van der Waals surface area contributed by atoms with E-state index in [4.69, 9.17) is 16.3 Å². The number of carbonyl (C=O) groups excluding carboxylic acids is 1. The predicted molar refractivity (Wildman–Crippen MR) is 133 cm³/mol. The van der Waals surface area contributed by atoms with Crippen LogP contribution in [0.15, 0.2) is 72.8 Å². The zero-order valence-corrected chi connectivity index (χ0v) is 20.2. The van der Waals surface area contributed by atoms with Crippen LogP contribution < -0.4 is 14.4 Å². The van der Waals surface area contributed by atoms with Crippen LogP contribution in [-0.4, -0.2) is 27.1 Å². The summed E-state index contributed by atoms with van der Waals surface area (Å²) in [6, 6.07) is 22.1. The van der Waals surface area contributed by atoms with E-state index >= 15 is 0 Å². The minimum Gasteiger partial charge on any atom is -0.489 e. The van der Waals surface area contributed by atoms with Crippen molar-refractivity contribution in [2.24, 2.45) is 0 Å². The van der Waals surface area contributed by atoms with Gasteiger partial charge in [-0.25, -0.2) is 8.42 Å². The van der Waals surface area contributed by atoms with Crippen molar-refractivity contribution in [2.45, 2.75) is 26.4 Å². The lowest BCUT2D eigenvalue weighted by Crippen LogP contribution is -2.32. The number of nitrogens with one attached hydrogen (secondary N) is 1. The van der Waals surface area contributed by atoms with Crippen molar-refractivity contribution in [1.82, 2.24) is 0 Å². The van der Waals surface area contributed by atoms with Gasteiger partial charge in [-0.05, 0) is 60.9 Å². The molecule has 8 heteroatoms. The Kier molecular flexibility index (Phi) is 8.36. The molecular weight excluding hydrogens is 460 g/mol. The highest BCUT2D eigenvalue weighted by atomic mass is 35.5. The van der Waals surface area contributed by atoms with E-state index in [1.807, 2.05) is 30.3 Å². The number of amides is 1. The number of hydrogen-bond donors (Lipinski definition) is 1. The molecule has 0 aliphatic carbocycles. The molecule has 33 heavy (non-hydrogen) atoms. The van der Waals surface area contributed by atoms with Crippen LogP contribution in [0.3, 0.4) is 0 Å². The second-order valence-corrected chi connectivity index (χ2v) is 9.98. The third-order valence-corrected chi connectivity index (χ3v) is 6.65. The quantitative estimate of drug-likeness (QED) is 0.415. The number of carbonyl (C=O) groups is 1. The van der Waals surface area contributed by atoms with Crippen LogP contribution in [0.1, 0.15) is 24.0 Å². The standard InChI is InChI=1S/C25H27ClN2O4S/c1-19-23(26)10-6-11-24(19)28(33(2,30)31)17-7-12-25(29)27-21-13-15-22(16-14-21)32-18-20-8-4-3-5-9-20/h3-6,8-11,13-16H,7,12,17-18H2,1-2H3,(H,27,29). The second kappa shape index (κ2) is 11.2. The minimum atomic E-state index is -3.52. The molecule has 0 unspecified atom stereocenters. The molecule has 1 N–H and O–H groups in total. The maximum atomic E-state index is 12.4. The van der Waals surface area contributed by atoms with Gasteiger partial charge in [0.25, 0.3) is 0 Å². The van der Waals surface area contributed by atoms with Crippen molar-refractivity contribution >= 4 is 38.9 Å². The second-order valence-electron chi connectivity index (χ2n) is 7.67. The topological polar surface area (TPSA) is 75.7 Å². The number of rotatable bonds is 10. The molecule has 0 radical (unpaired) electrons. The van der Waals surface area contributed by atoms with Gasteiger partial charge in [0, 0.05) is 23.7 Å². The van der Waals surface area contributed by atoms with E-state index in [9.17, 15) is 13.2 Å². The SMILES string of the molecule is Cc1c(Cl)cccc1N(CCCC(=O)Nc1ccc(OCc2ccccc2)cc1)S(C)(=O)=O. The van der Waals surface area contributed by atoms with Gasteiger partial charge in [-0.2, -0.15) is 0 Å². The van der Waals surface area contributed by atoms with Crippen molar-refractivity contribution in [3.63, 3.8) is 0 Å². The lowest BCUT2D eigenvalue weighted by atomic mass is 10.2. The van der Waals surface area contributed by atoms with Gasteiger partial charge in [-0.1, -0.05) is 48.0 Å². The van der Waals surface area contributed by atoms with Crippen molar-refractivity contribution in [2.75, 3.05) is 22.4 Å². The van der Waals surface area contributed by atoms with Gasteiger partial charge in [0.2, 0.25) is 15.9 Å². The Morgan fingerprint density at radius 2 is 1.70 bits per heavy atom. The molecule has 0 saturated heterocycles. The molecule has 3 rings (SSSR count). The van der Waals surface area contributed by atoms with Crippen molar-refractivity contribution < 1.29 is 17.9 Å². The van der Waals surface area contributed by atoms with Crippen molar-refractivity contribution in [3.05, 3.63) is 88.9 Å². The maximum Gasteiger partial charge on any atom is 0.232 e. The molecule has 0 fully saturated rings. The molecule has 174 valence electrons. The van der Waals surface area contributed by atoms with Crippen LogP contribution in [0.2, 0.25) is 5.02 Å². The zero-order valence-electron chi connectivity index (χ0n) is 18.6. The van der Waals surface area contributed by atoms with Crippen LogP contribution >= 0.6 is 11.6 Å². The number of halogens is 1. The van der Waals surface area contributed by atoms with Gasteiger partial charge >= 0.3 is 0 Å². The molecule has 0 aromatic heterocycles. The fourth-order valence-corrected chi connectivity index (χ4v) is 4.50. The summed E-state index contributed by atoms with van der Waals surface area (Å²) in [6.45, 7) is 2.42. The molecule has 0 spiro atoms. The molecule has 0 saturated carbocycles. The van der Waals surface area contributed by atoms with Crippen LogP contribution in [-0.2, 0) is 21.4 Å². The number of anilines is 2. The van der Waals surface area contributed by atoms with E-state index in [1.165, 1.54) is 4.31 Å². The Balaban J connectivity index is 1.51. The maximum absolute atomic E-state index is 12.4. The lowest BCUT2D eigenvalue weighted by molar-refractivity contribution is -0.116. The Labute approximate surface area is 200 Å². The van der Waals surface area contributed by atoms with Gasteiger partial charge < -0.3 is 10.1 Å². The fourth-order valence-electron chi connectivity index (χ4n) is 3.31. The summed E-state index contributed by atoms with van der Waals surface area (Å²) in [6.07, 6.45) is 1.69. The third kappa shape index (κ3) is 7.23. The third-order valence-electron chi connectivity index (χ3n) is 5.06. The van der Waals surface area contributed by atoms with E-state index in [2.05, 4.69) is 5.32 Å². The van der Waals surface area contributed by atoms with Gasteiger partial charge in [-0.15, -0.1) is 0 Å². The zero-order chi connectivity index (χ0) is 23.8. The lowest BCUT2D eigenvalue weighted by Gasteiger charge is -2.24. The molecule has 3 aromatic carbocycles. The van der Waals surface area contributed by atoms with E-state index in [-0.39, 0.29) is 18.9 Å². The molecule has 0 aliphatic heterocycles. The van der Waals surface area contributed by atoms with Gasteiger partial charge in [0.05, 0.1) is 11.9 Å². The highest BCUT2D eigenvalue weighted by Crippen LogP contribution is 2.28. The first kappa shape index (κ1) is 24.6. The van der Waals surface area contributed by atoms with Crippen LogP contribution in [0.4, 0.5) is 11.4 Å². The summed E-state index contributed by atoms with van der Waals surface area (Å²) in [7, 11) is -3.52. The molecule has 0 heterocycles. The average molecular weight is 487 g/mol. The molecule has 6 nitrogen and oxygen atoms in total. The van der Waals surface area contributed by atoms with Gasteiger partial charge in [-0.3, -0.25) is 9.10 Å². The average Bonchev–Trinajstić information content (AvgIpc) is 2.78. The van der Waals surface area contributed by atoms with Crippen LogP contribution in [0.25, 0.3) is 0 Å². The Morgan fingerprint density at radius 1 is 1.00 bits per heavy atom. The largest absolute Gasteiger partial charge is 0.489 e. The Morgan fingerprint density at radius 3 is 2.36 bits per heavy atom. The Hall–Kier alpha value is -3.03. The molecular formula is C25H27ClN2O4S. The van der Waals surface area contributed by atoms with Gasteiger partial charge in [0.1, 0.15) is 12.4 Å². The molecule has 3 aromatic rings. The fraction of sp³-hybridized carbons (Fsp3) is 0.240. The Bertz CT molecular complexity index is 1180. The molecule has 1 amide bonds. The smallest absolute Gasteiger partial charge is 0.232 e. The van der Waals surface area contributed by atoms with Crippen molar-refractivity contribution in [3.8, 4) is 5.75 Å². The van der Waals surface area contributed by atoms with Crippen LogP contribution in [0, 0.1) is 6.92 Å². The summed E-state index contributed by atoms with van der Waals surface area (Å²) in [5.41, 5.74) is 2.93. The van der Waals surface area contributed by atoms with Crippen LogP contribution in [0.5, 0.6) is 5.75 Å². The summed E-state index contributed by atoms with van der Waals surface area (Å²) in [5.74, 6) is 0.516. The highest BCUT2D eigenvalue weighted by molar-refractivity contribution is 7.92. The summed E-state index contributed by atoms with van der Waals surface area (Å²) in [4.78, 5) is 12.4. The van der Waals surface area contributed by atoms with E-state index in [1.54, 1.807) is 49.4 Å². The summed E-state index contributed by atoms with van der Waals surface area (Å²) in [5, 5.41) is 3.33. The first-order valence-corrected chi connectivity index (χ1v) is 12.8. The summed E-state index contributed by atoms with van der Waals surface area (Å²) < 4.78 is 31.7. The minimum absolute atomic E-state index is 0.178. The number of ether oxygens (including phenoxy) is 1. The number of hydrogen-bond acceptors (Lipinski definition) is 4. The van der Waals surface area contributed by atoms with E-state index in [0.717, 1.165) is 11.8 Å². The highest BCUT2D eigenvalue weighted by Gasteiger charge is 2.20. The van der Waals surface area contributed by atoms with E-state index < -0.39 is 10.0 Å². The number of sulfonamides is 1.